The van der Waals surface area contributed by atoms with Gasteiger partial charge in [-0.15, -0.1) is 0 Å². The van der Waals surface area contributed by atoms with E-state index in [0.717, 1.165) is 24.8 Å². The fourth-order valence-corrected chi connectivity index (χ4v) is 3.73. The van der Waals surface area contributed by atoms with Crippen molar-refractivity contribution in [3.63, 3.8) is 0 Å². The number of carbonyl (C=O) groups is 3. The van der Waals surface area contributed by atoms with Crippen molar-refractivity contribution in [1.29, 1.82) is 0 Å². The first-order valence-corrected chi connectivity index (χ1v) is 8.88. The molecule has 1 aromatic carbocycles. The number of nitrogens with zero attached hydrogens (tertiary/aromatic N) is 2. The van der Waals surface area contributed by atoms with Crippen LogP contribution in [0.1, 0.15) is 31.2 Å². The summed E-state index contributed by atoms with van der Waals surface area (Å²) in [4.78, 5) is 39.1. The van der Waals surface area contributed by atoms with Crippen LogP contribution in [0.4, 0.5) is 0 Å². The number of carboxylic acids is 1. The maximum absolute atomic E-state index is 12.4. The molecule has 0 spiro atoms. The second-order valence-electron chi connectivity index (χ2n) is 6.88. The van der Waals surface area contributed by atoms with Gasteiger partial charge in [0.1, 0.15) is 0 Å². The molecule has 1 unspecified atom stereocenters. The molecule has 0 bridgehead atoms. The van der Waals surface area contributed by atoms with Crippen molar-refractivity contribution in [3.8, 4) is 0 Å². The molecule has 6 heteroatoms. The van der Waals surface area contributed by atoms with Crippen LogP contribution in [0, 0.1) is 5.92 Å². The number of carbonyl (C=O) groups excluding carboxylic acids is 2. The van der Waals surface area contributed by atoms with Gasteiger partial charge < -0.3 is 14.9 Å². The minimum absolute atomic E-state index is 0.0648. The fourth-order valence-electron chi connectivity index (χ4n) is 3.73. The SMILES string of the molecule is O=C(O)C1CC(=O)N(C2CCN(C(=O)CCc3ccccc3)CC2)C1. The molecule has 2 amide bonds. The standard InChI is InChI=1S/C19H24N2O4/c22-17(7-6-14-4-2-1-3-5-14)20-10-8-16(9-11-20)21-13-15(19(24)25)12-18(21)23/h1-5,15-16H,6-13H2,(H,24,25). The second-order valence-corrected chi connectivity index (χ2v) is 6.88. The van der Waals surface area contributed by atoms with Crippen molar-refractivity contribution in [2.24, 2.45) is 5.92 Å². The minimum Gasteiger partial charge on any atom is -0.481 e. The first kappa shape index (κ1) is 17.5. The molecule has 25 heavy (non-hydrogen) atoms. The normalized spacial score (nSPS) is 21.6. The van der Waals surface area contributed by atoms with Crippen molar-refractivity contribution in [1.82, 2.24) is 9.80 Å². The molecule has 1 aromatic rings. The van der Waals surface area contributed by atoms with Gasteiger partial charge in [-0.05, 0) is 24.8 Å². The maximum Gasteiger partial charge on any atom is 0.308 e. The highest BCUT2D eigenvalue weighted by Crippen LogP contribution is 2.26. The third-order valence-corrected chi connectivity index (χ3v) is 5.24. The van der Waals surface area contributed by atoms with Crippen LogP contribution in [0.5, 0.6) is 0 Å². The van der Waals surface area contributed by atoms with Crippen LogP contribution in [0.25, 0.3) is 0 Å². The van der Waals surface area contributed by atoms with Crippen molar-refractivity contribution < 1.29 is 19.5 Å². The van der Waals surface area contributed by atoms with Crippen LogP contribution >= 0.6 is 0 Å². The van der Waals surface area contributed by atoms with Gasteiger partial charge in [0.15, 0.2) is 0 Å². The quantitative estimate of drug-likeness (QED) is 0.879. The Kier molecular flexibility index (Phi) is 5.36. The summed E-state index contributed by atoms with van der Waals surface area (Å²) in [5, 5.41) is 9.08. The van der Waals surface area contributed by atoms with Crippen LogP contribution in [-0.2, 0) is 20.8 Å². The number of aliphatic carboxylic acids is 1. The third kappa shape index (κ3) is 4.18. The van der Waals surface area contributed by atoms with Crippen molar-refractivity contribution in [2.75, 3.05) is 19.6 Å². The number of rotatable bonds is 5. The fraction of sp³-hybridized carbons (Fsp3) is 0.526. The van der Waals surface area contributed by atoms with Crippen molar-refractivity contribution >= 4 is 17.8 Å². The van der Waals surface area contributed by atoms with E-state index in [0.29, 0.717) is 26.1 Å². The summed E-state index contributed by atoms with van der Waals surface area (Å²) >= 11 is 0. The Bertz CT molecular complexity index is 638. The molecule has 2 fully saturated rings. The molecule has 2 heterocycles. The van der Waals surface area contributed by atoms with Gasteiger partial charge in [-0.25, -0.2) is 0 Å². The number of aryl methyl sites for hydroxylation is 1. The van der Waals surface area contributed by atoms with Gasteiger partial charge in [0, 0.05) is 38.5 Å². The minimum atomic E-state index is -0.899. The Hall–Kier alpha value is -2.37. The highest BCUT2D eigenvalue weighted by molar-refractivity contribution is 5.86. The van der Waals surface area contributed by atoms with Crippen LogP contribution < -0.4 is 0 Å². The van der Waals surface area contributed by atoms with E-state index in [2.05, 4.69) is 0 Å². The summed E-state index contributed by atoms with van der Waals surface area (Å²) < 4.78 is 0. The van der Waals surface area contributed by atoms with Gasteiger partial charge in [0.05, 0.1) is 5.92 Å². The first-order valence-electron chi connectivity index (χ1n) is 8.88. The van der Waals surface area contributed by atoms with Gasteiger partial charge in [-0.2, -0.15) is 0 Å². The third-order valence-electron chi connectivity index (χ3n) is 5.24. The van der Waals surface area contributed by atoms with Crippen LogP contribution in [0.2, 0.25) is 0 Å². The molecule has 0 aromatic heterocycles. The second kappa shape index (κ2) is 7.68. The Balaban J connectivity index is 1.46. The molecule has 2 aliphatic rings. The van der Waals surface area contributed by atoms with E-state index in [4.69, 9.17) is 5.11 Å². The first-order chi connectivity index (χ1) is 12.0. The van der Waals surface area contributed by atoms with E-state index in [1.165, 1.54) is 0 Å². The summed E-state index contributed by atoms with van der Waals surface area (Å²) in [6.07, 6.45) is 2.80. The number of amides is 2. The number of benzene rings is 1. The number of likely N-dealkylation sites (tertiary alicyclic amines) is 2. The highest BCUT2D eigenvalue weighted by atomic mass is 16.4. The lowest BCUT2D eigenvalue weighted by molar-refractivity contribution is -0.141. The molecule has 3 rings (SSSR count). The molecule has 134 valence electrons. The Morgan fingerprint density at radius 3 is 2.40 bits per heavy atom. The van der Waals surface area contributed by atoms with Crippen LogP contribution in [-0.4, -0.2) is 58.4 Å². The monoisotopic (exact) mass is 344 g/mol. The number of hydrogen-bond acceptors (Lipinski definition) is 3. The van der Waals surface area contributed by atoms with E-state index in [1.54, 1.807) is 4.90 Å². The van der Waals surface area contributed by atoms with Crippen LogP contribution in [0.15, 0.2) is 30.3 Å². The van der Waals surface area contributed by atoms with Gasteiger partial charge in [-0.3, -0.25) is 14.4 Å². The molecule has 0 radical (unpaired) electrons. The van der Waals surface area contributed by atoms with Gasteiger partial charge in [0.2, 0.25) is 11.8 Å². The van der Waals surface area contributed by atoms with E-state index in [1.807, 2.05) is 35.2 Å². The maximum atomic E-state index is 12.4. The molecule has 0 saturated carbocycles. The molecule has 2 saturated heterocycles. The molecule has 1 N–H and O–H groups in total. The Morgan fingerprint density at radius 1 is 1.12 bits per heavy atom. The van der Waals surface area contributed by atoms with E-state index in [-0.39, 0.29) is 24.3 Å². The van der Waals surface area contributed by atoms with E-state index >= 15 is 0 Å². The largest absolute Gasteiger partial charge is 0.481 e. The average molecular weight is 344 g/mol. The lowest BCUT2D eigenvalue weighted by Crippen LogP contribution is -2.47. The smallest absolute Gasteiger partial charge is 0.308 e. The summed E-state index contributed by atoms with van der Waals surface area (Å²) in [6.45, 7) is 1.58. The van der Waals surface area contributed by atoms with Crippen LogP contribution in [0.3, 0.4) is 0 Å². The summed E-state index contributed by atoms with van der Waals surface area (Å²) in [5.41, 5.74) is 1.16. The zero-order chi connectivity index (χ0) is 17.8. The molecule has 1 atom stereocenters. The number of hydrogen-bond donors (Lipinski definition) is 1. The van der Waals surface area contributed by atoms with Gasteiger partial charge in [-0.1, -0.05) is 30.3 Å². The summed E-state index contributed by atoms with van der Waals surface area (Å²) in [6, 6.07) is 10.0. The zero-order valence-corrected chi connectivity index (χ0v) is 14.3. The topological polar surface area (TPSA) is 77.9 Å². The van der Waals surface area contributed by atoms with E-state index in [9.17, 15) is 14.4 Å². The summed E-state index contributed by atoms with van der Waals surface area (Å²) in [5.74, 6) is -1.40. The molecule has 2 aliphatic heterocycles. The highest BCUT2D eigenvalue weighted by Gasteiger charge is 2.39. The van der Waals surface area contributed by atoms with Crippen molar-refractivity contribution in [3.05, 3.63) is 35.9 Å². The molecule has 0 aliphatic carbocycles. The van der Waals surface area contributed by atoms with Gasteiger partial charge in [0.25, 0.3) is 0 Å². The lowest BCUT2D eigenvalue weighted by Gasteiger charge is -2.36. The molecular weight excluding hydrogens is 320 g/mol. The average Bonchev–Trinajstić information content (AvgIpc) is 3.03. The van der Waals surface area contributed by atoms with Crippen molar-refractivity contribution in [2.45, 2.75) is 38.1 Å². The zero-order valence-electron chi connectivity index (χ0n) is 14.3. The number of piperidine rings is 1. The van der Waals surface area contributed by atoms with E-state index < -0.39 is 11.9 Å². The molecule has 6 nitrogen and oxygen atoms in total. The molecular formula is C19H24N2O4. The number of carboxylic acid groups (broad SMARTS) is 1. The predicted octanol–water partition coefficient (Wildman–Crippen LogP) is 1.54. The lowest BCUT2D eigenvalue weighted by atomic mass is 10.0. The Labute approximate surface area is 147 Å². The predicted molar refractivity (Wildman–Crippen MR) is 91.8 cm³/mol. The summed E-state index contributed by atoms with van der Waals surface area (Å²) in [7, 11) is 0. The Morgan fingerprint density at radius 2 is 1.80 bits per heavy atom. The van der Waals surface area contributed by atoms with Gasteiger partial charge >= 0.3 is 5.97 Å².